The quantitative estimate of drug-likeness (QED) is 0.374. The van der Waals surface area contributed by atoms with Gasteiger partial charge in [-0.05, 0) is 12.8 Å². The van der Waals surface area contributed by atoms with E-state index in [-0.39, 0.29) is 24.0 Å². The molecule has 1 unspecified atom stereocenters. The van der Waals surface area contributed by atoms with Crippen molar-refractivity contribution >= 4 is 29.9 Å². The minimum atomic E-state index is 0. The normalized spacial score (nSPS) is 24.8. The number of nitrogens with one attached hydrogen (secondary N) is 1. The van der Waals surface area contributed by atoms with Crippen molar-refractivity contribution in [3.63, 3.8) is 0 Å². The Morgan fingerprint density at radius 1 is 1.33 bits per heavy atom. The standard InChI is InChI=1S/C19H35N7.HI/c1-6-20-19(21-11-17-14-25-7-9-26(17)10-8-25)23(4)12-16-13-24(5)22-18(16)15(2)3;/h13,15,17H,6-12,14H2,1-5H3,(H,20,21);1H. The summed E-state index contributed by atoms with van der Waals surface area (Å²) in [7, 11) is 4.12. The molecule has 3 saturated heterocycles. The summed E-state index contributed by atoms with van der Waals surface area (Å²) in [4.78, 5) is 12.4. The SMILES string of the molecule is CCNC(=NCC1CN2CCN1CC2)N(C)Cc1cn(C)nc1C(C)C.I. The third-order valence-electron chi connectivity index (χ3n) is 5.43. The third kappa shape index (κ3) is 5.57. The average Bonchev–Trinajstić information content (AvgIpc) is 3.00. The van der Waals surface area contributed by atoms with Crippen LogP contribution < -0.4 is 5.32 Å². The highest BCUT2D eigenvalue weighted by atomic mass is 127. The Kier molecular flexibility index (Phi) is 8.36. The highest BCUT2D eigenvalue weighted by molar-refractivity contribution is 14.0. The lowest BCUT2D eigenvalue weighted by Gasteiger charge is -2.47. The molecule has 0 amide bonds. The van der Waals surface area contributed by atoms with Gasteiger partial charge in [-0.25, -0.2) is 0 Å². The molecule has 1 atom stereocenters. The minimum Gasteiger partial charge on any atom is -0.357 e. The molecule has 4 heterocycles. The van der Waals surface area contributed by atoms with E-state index >= 15 is 0 Å². The fourth-order valence-corrected chi connectivity index (χ4v) is 4.05. The lowest BCUT2D eigenvalue weighted by Crippen LogP contribution is -2.62. The van der Waals surface area contributed by atoms with E-state index in [0.717, 1.165) is 32.1 Å². The molecule has 0 radical (unpaired) electrons. The van der Waals surface area contributed by atoms with Gasteiger partial charge in [-0.15, -0.1) is 24.0 Å². The zero-order valence-electron chi connectivity index (χ0n) is 17.5. The minimum absolute atomic E-state index is 0. The Morgan fingerprint density at radius 3 is 2.59 bits per heavy atom. The van der Waals surface area contributed by atoms with Crippen LogP contribution in [-0.4, -0.2) is 89.3 Å². The van der Waals surface area contributed by atoms with Crippen molar-refractivity contribution in [2.45, 2.75) is 39.3 Å². The molecular formula is C19H36IN7. The lowest BCUT2D eigenvalue weighted by molar-refractivity contribution is 0.0173. The number of piperazine rings is 3. The van der Waals surface area contributed by atoms with Crippen molar-refractivity contribution in [2.24, 2.45) is 12.0 Å². The first-order valence-corrected chi connectivity index (χ1v) is 9.96. The van der Waals surface area contributed by atoms with Crippen LogP contribution in [0.3, 0.4) is 0 Å². The molecule has 3 aliphatic rings. The molecule has 0 saturated carbocycles. The zero-order valence-corrected chi connectivity index (χ0v) is 19.8. The van der Waals surface area contributed by atoms with Crippen molar-refractivity contribution in [2.75, 3.05) is 52.9 Å². The van der Waals surface area contributed by atoms with Crippen LogP contribution >= 0.6 is 24.0 Å². The maximum absolute atomic E-state index is 4.97. The van der Waals surface area contributed by atoms with Gasteiger partial charge in [0.05, 0.1) is 12.2 Å². The molecule has 7 nitrogen and oxygen atoms in total. The molecule has 3 aliphatic heterocycles. The molecule has 2 bridgehead atoms. The molecule has 1 aromatic heterocycles. The van der Waals surface area contributed by atoms with Gasteiger partial charge in [0.2, 0.25) is 0 Å². The Labute approximate surface area is 181 Å². The Balaban J connectivity index is 0.00000261. The summed E-state index contributed by atoms with van der Waals surface area (Å²) < 4.78 is 1.92. The highest BCUT2D eigenvalue weighted by Crippen LogP contribution is 2.19. The van der Waals surface area contributed by atoms with Crippen LogP contribution in [0.2, 0.25) is 0 Å². The Morgan fingerprint density at radius 2 is 2.04 bits per heavy atom. The molecule has 1 aromatic rings. The Bertz CT molecular complexity index is 620. The first-order valence-electron chi connectivity index (χ1n) is 9.96. The van der Waals surface area contributed by atoms with E-state index in [2.05, 4.69) is 59.1 Å². The predicted molar refractivity (Wildman–Crippen MR) is 122 cm³/mol. The summed E-state index contributed by atoms with van der Waals surface area (Å²) in [5, 5.41) is 8.09. The van der Waals surface area contributed by atoms with E-state index in [1.54, 1.807) is 0 Å². The van der Waals surface area contributed by atoms with Gasteiger partial charge in [-0.3, -0.25) is 19.5 Å². The monoisotopic (exact) mass is 489 g/mol. The maximum Gasteiger partial charge on any atom is 0.194 e. The van der Waals surface area contributed by atoms with Gasteiger partial charge in [0.25, 0.3) is 0 Å². The van der Waals surface area contributed by atoms with E-state index in [4.69, 9.17) is 4.99 Å². The summed E-state index contributed by atoms with van der Waals surface area (Å²) in [6.07, 6.45) is 2.13. The summed E-state index contributed by atoms with van der Waals surface area (Å²) in [5.41, 5.74) is 2.46. The van der Waals surface area contributed by atoms with Crippen molar-refractivity contribution in [1.82, 2.24) is 29.8 Å². The van der Waals surface area contributed by atoms with Crippen LogP contribution in [0.25, 0.3) is 0 Å². The molecule has 3 fully saturated rings. The maximum atomic E-state index is 4.97. The number of aliphatic imine (C=N–C) groups is 1. The molecule has 8 heteroatoms. The van der Waals surface area contributed by atoms with E-state index < -0.39 is 0 Å². The van der Waals surface area contributed by atoms with Gasteiger partial charge in [0.1, 0.15) is 0 Å². The fraction of sp³-hybridized carbons (Fsp3) is 0.789. The number of aryl methyl sites for hydroxylation is 1. The van der Waals surface area contributed by atoms with Crippen molar-refractivity contribution < 1.29 is 0 Å². The molecule has 4 rings (SSSR count). The van der Waals surface area contributed by atoms with E-state index in [1.165, 1.54) is 37.4 Å². The first-order chi connectivity index (χ1) is 12.5. The van der Waals surface area contributed by atoms with E-state index in [9.17, 15) is 0 Å². The second-order valence-electron chi connectivity index (χ2n) is 7.91. The largest absolute Gasteiger partial charge is 0.357 e. The predicted octanol–water partition coefficient (Wildman–Crippen LogP) is 1.56. The molecular weight excluding hydrogens is 453 g/mol. The number of rotatable bonds is 6. The molecule has 27 heavy (non-hydrogen) atoms. The molecule has 0 aliphatic carbocycles. The highest BCUT2D eigenvalue weighted by Gasteiger charge is 2.31. The molecule has 1 N–H and O–H groups in total. The number of aromatic nitrogens is 2. The van der Waals surface area contributed by atoms with Gasteiger partial charge >= 0.3 is 0 Å². The average molecular weight is 489 g/mol. The second kappa shape index (κ2) is 10.1. The summed E-state index contributed by atoms with van der Waals surface area (Å²) in [5.74, 6) is 1.42. The van der Waals surface area contributed by atoms with Gasteiger partial charge < -0.3 is 10.2 Å². The fourth-order valence-electron chi connectivity index (χ4n) is 4.05. The van der Waals surface area contributed by atoms with Gasteiger partial charge in [0.15, 0.2) is 5.96 Å². The number of nitrogens with zero attached hydrogens (tertiary/aromatic N) is 6. The lowest BCUT2D eigenvalue weighted by atomic mass is 10.1. The molecule has 154 valence electrons. The van der Waals surface area contributed by atoms with Gasteiger partial charge in [-0.1, -0.05) is 13.8 Å². The van der Waals surface area contributed by atoms with Crippen LogP contribution in [0.15, 0.2) is 11.2 Å². The summed E-state index contributed by atoms with van der Waals surface area (Å²) >= 11 is 0. The second-order valence-corrected chi connectivity index (χ2v) is 7.91. The number of hydrogen-bond donors (Lipinski definition) is 1. The van der Waals surface area contributed by atoms with Crippen molar-refractivity contribution in [3.05, 3.63) is 17.5 Å². The number of fused-ring (bicyclic) bond motifs is 3. The smallest absolute Gasteiger partial charge is 0.194 e. The topological polar surface area (TPSA) is 51.9 Å². The summed E-state index contributed by atoms with van der Waals surface area (Å²) in [6, 6.07) is 0.559. The molecule has 0 spiro atoms. The Hall–Kier alpha value is -0.870. The van der Waals surface area contributed by atoms with Crippen LogP contribution in [0.1, 0.15) is 37.9 Å². The summed E-state index contributed by atoms with van der Waals surface area (Å²) in [6.45, 7) is 15.1. The van der Waals surface area contributed by atoms with Crippen LogP contribution in [0.5, 0.6) is 0 Å². The number of hydrogen-bond acceptors (Lipinski definition) is 4. The molecule has 0 aromatic carbocycles. The van der Waals surface area contributed by atoms with E-state index in [1.807, 2.05) is 11.7 Å². The van der Waals surface area contributed by atoms with Crippen LogP contribution in [0, 0.1) is 0 Å². The van der Waals surface area contributed by atoms with Gasteiger partial charge in [-0.2, -0.15) is 5.10 Å². The third-order valence-corrected chi connectivity index (χ3v) is 5.43. The van der Waals surface area contributed by atoms with Crippen LogP contribution in [0.4, 0.5) is 0 Å². The van der Waals surface area contributed by atoms with Crippen molar-refractivity contribution in [3.8, 4) is 0 Å². The zero-order chi connectivity index (χ0) is 18.7. The number of halogens is 1. The van der Waals surface area contributed by atoms with Crippen molar-refractivity contribution in [1.29, 1.82) is 0 Å². The van der Waals surface area contributed by atoms with E-state index in [0.29, 0.717) is 12.0 Å². The first kappa shape index (κ1) is 22.4. The van der Waals surface area contributed by atoms with Crippen LogP contribution in [-0.2, 0) is 13.6 Å². The van der Waals surface area contributed by atoms with Gasteiger partial charge in [0, 0.05) is 77.7 Å². The number of guanidine groups is 1.